The van der Waals surface area contributed by atoms with Gasteiger partial charge in [-0.3, -0.25) is 0 Å². The molecule has 2 aliphatic carbocycles. The van der Waals surface area contributed by atoms with Crippen molar-refractivity contribution in [3.8, 4) is 0 Å². The van der Waals surface area contributed by atoms with E-state index in [2.05, 4.69) is 50.3 Å². The van der Waals surface area contributed by atoms with Crippen LogP contribution in [0.15, 0.2) is 30.3 Å². The van der Waals surface area contributed by atoms with E-state index in [1.165, 1.54) is 63.4 Å². The van der Waals surface area contributed by atoms with E-state index in [9.17, 15) is 0 Å². The minimum absolute atomic E-state index is 0.815. The summed E-state index contributed by atoms with van der Waals surface area (Å²) in [6, 6.07) is 9.31. The Kier molecular flexibility index (Phi) is 5.97. The number of benzene rings is 1. The van der Waals surface area contributed by atoms with E-state index >= 15 is 0 Å². The van der Waals surface area contributed by atoms with Crippen LogP contribution < -0.4 is 0 Å². The van der Waals surface area contributed by atoms with Gasteiger partial charge in [0.25, 0.3) is 0 Å². The zero-order chi connectivity index (χ0) is 16.1. The van der Waals surface area contributed by atoms with Crippen LogP contribution in [0.5, 0.6) is 0 Å². The predicted octanol–water partition coefficient (Wildman–Crippen LogP) is 7.21. The van der Waals surface area contributed by atoms with Crippen molar-refractivity contribution >= 4 is 6.08 Å². The third-order valence-electron chi connectivity index (χ3n) is 6.51. The Morgan fingerprint density at radius 1 is 0.783 bits per heavy atom. The third kappa shape index (κ3) is 4.49. The fourth-order valence-electron chi connectivity index (χ4n) is 4.98. The number of hydrogen-bond acceptors (Lipinski definition) is 0. The molecule has 0 N–H and O–H groups in total. The Bertz CT molecular complexity index is 487. The predicted molar refractivity (Wildman–Crippen MR) is 102 cm³/mol. The van der Waals surface area contributed by atoms with Gasteiger partial charge in [0.15, 0.2) is 0 Å². The van der Waals surface area contributed by atoms with Gasteiger partial charge in [-0.05, 0) is 73.8 Å². The van der Waals surface area contributed by atoms with Gasteiger partial charge in [-0.15, -0.1) is 0 Å². The van der Waals surface area contributed by atoms with Gasteiger partial charge in [0.1, 0.15) is 0 Å². The maximum absolute atomic E-state index is 2.46. The highest BCUT2D eigenvalue weighted by molar-refractivity contribution is 5.49. The second-order valence-electron chi connectivity index (χ2n) is 8.15. The molecule has 1 aromatic carbocycles. The number of rotatable bonds is 3. The minimum atomic E-state index is 0.815. The maximum Gasteiger partial charge on any atom is -0.0162 e. The van der Waals surface area contributed by atoms with Gasteiger partial charge in [-0.1, -0.05) is 69.0 Å². The molecule has 2 unspecified atom stereocenters. The Balaban J connectivity index is 1.53. The quantitative estimate of drug-likeness (QED) is 0.517. The first-order chi connectivity index (χ1) is 11.3. The smallest absolute Gasteiger partial charge is 0.0162 e. The van der Waals surface area contributed by atoms with Gasteiger partial charge in [-0.25, -0.2) is 0 Å². The normalized spacial score (nSPS) is 32.8. The first-order valence-electron chi connectivity index (χ1n) is 9.99. The summed E-state index contributed by atoms with van der Waals surface area (Å²) < 4.78 is 0. The monoisotopic (exact) mass is 310 g/mol. The fourth-order valence-corrected chi connectivity index (χ4v) is 4.98. The lowest BCUT2D eigenvalue weighted by atomic mass is 9.72. The summed E-state index contributed by atoms with van der Waals surface area (Å²) in [7, 11) is 0. The molecule has 0 saturated heterocycles. The summed E-state index contributed by atoms with van der Waals surface area (Å²) >= 11 is 0. The lowest BCUT2D eigenvalue weighted by Gasteiger charge is -2.34. The highest BCUT2D eigenvalue weighted by Crippen LogP contribution is 2.43. The summed E-state index contributed by atoms with van der Waals surface area (Å²) in [6.07, 6.45) is 17.5. The second kappa shape index (κ2) is 8.18. The van der Waals surface area contributed by atoms with Crippen molar-refractivity contribution in [3.63, 3.8) is 0 Å². The third-order valence-corrected chi connectivity index (χ3v) is 6.51. The summed E-state index contributed by atoms with van der Waals surface area (Å²) in [5, 5.41) is 0. The van der Waals surface area contributed by atoms with Gasteiger partial charge in [0.05, 0.1) is 0 Å². The largest absolute Gasteiger partial charge is 0.0871 e. The maximum atomic E-state index is 2.46. The van der Waals surface area contributed by atoms with Gasteiger partial charge in [0, 0.05) is 0 Å². The standard InChI is InChI=1S/C23H34/c1-3-5-19-9-12-21(13-10-19)23-16-14-22(15-17-23)20-7-4-6-18(2)8-11-20/h3,5,9-10,12-13,18,20,22-23H,4,6-8,11,14-17H2,1-2H3. The summed E-state index contributed by atoms with van der Waals surface area (Å²) in [6.45, 7) is 4.54. The first kappa shape index (κ1) is 16.8. The fraction of sp³-hybridized carbons (Fsp3) is 0.652. The van der Waals surface area contributed by atoms with Crippen molar-refractivity contribution in [2.75, 3.05) is 0 Å². The van der Waals surface area contributed by atoms with Gasteiger partial charge >= 0.3 is 0 Å². The zero-order valence-electron chi connectivity index (χ0n) is 15.1. The minimum Gasteiger partial charge on any atom is -0.0871 e. The van der Waals surface area contributed by atoms with Crippen molar-refractivity contribution < 1.29 is 0 Å². The van der Waals surface area contributed by atoms with Gasteiger partial charge in [0.2, 0.25) is 0 Å². The highest BCUT2D eigenvalue weighted by Gasteiger charge is 2.29. The van der Waals surface area contributed by atoms with Crippen LogP contribution in [0.2, 0.25) is 0 Å². The Morgan fingerprint density at radius 3 is 2.13 bits per heavy atom. The van der Waals surface area contributed by atoms with Crippen molar-refractivity contribution in [1.82, 2.24) is 0 Å². The molecule has 0 aliphatic heterocycles. The molecule has 126 valence electrons. The van der Waals surface area contributed by atoms with E-state index in [0.717, 1.165) is 23.7 Å². The van der Waals surface area contributed by atoms with Crippen LogP contribution in [0.1, 0.15) is 88.7 Å². The van der Waals surface area contributed by atoms with E-state index in [1.54, 1.807) is 5.56 Å². The SMILES string of the molecule is CC=Cc1ccc(C2CCC(C3CCCC(C)CC3)CC2)cc1. The van der Waals surface area contributed by atoms with E-state index < -0.39 is 0 Å². The summed E-state index contributed by atoms with van der Waals surface area (Å²) in [5.74, 6) is 3.86. The molecule has 2 atom stereocenters. The lowest BCUT2D eigenvalue weighted by Crippen LogP contribution is -2.21. The molecule has 2 saturated carbocycles. The van der Waals surface area contributed by atoms with E-state index in [-0.39, 0.29) is 0 Å². The van der Waals surface area contributed by atoms with Crippen LogP contribution >= 0.6 is 0 Å². The molecule has 1 aromatic rings. The molecular weight excluding hydrogens is 276 g/mol. The van der Waals surface area contributed by atoms with E-state index in [4.69, 9.17) is 0 Å². The lowest BCUT2D eigenvalue weighted by molar-refractivity contribution is 0.212. The Hall–Kier alpha value is -1.04. The number of allylic oxidation sites excluding steroid dienone is 1. The van der Waals surface area contributed by atoms with Gasteiger partial charge < -0.3 is 0 Å². The molecule has 0 heteroatoms. The molecule has 0 aromatic heterocycles. The van der Waals surface area contributed by atoms with Crippen LogP contribution in [0.4, 0.5) is 0 Å². The molecule has 0 heterocycles. The zero-order valence-corrected chi connectivity index (χ0v) is 15.1. The Morgan fingerprint density at radius 2 is 1.43 bits per heavy atom. The average molecular weight is 311 g/mol. The van der Waals surface area contributed by atoms with Crippen LogP contribution in [-0.2, 0) is 0 Å². The second-order valence-corrected chi connectivity index (χ2v) is 8.15. The molecule has 0 nitrogen and oxygen atoms in total. The average Bonchev–Trinajstić information content (AvgIpc) is 2.81. The molecular formula is C23H34. The van der Waals surface area contributed by atoms with Crippen molar-refractivity contribution in [3.05, 3.63) is 41.5 Å². The van der Waals surface area contributed by atoms with E-state index in [1.807, 2.05) is 0 Å². The van der Waals surface area contributed by atoms with Crippen LogP contribution in [0.3, 0.4) is 0 Å². The van der Waals surface area contributed by atoms with E-state index in [0.29, 0.717) is 0 Å². The number of hydrogen-bond donors (Lipinski definition) is 0. The molecule has 2 fully saturated rings. The topological polar surface area (TPSA) is 0 Å². The Labute approximate surface area is 143 Å². The summed E-state index contributed by atoms with van der Waals surface area (Å²) in [5.41, 5.74) is 2.91. The van der Waals surface area contributed by atoms with Crippen LogP contribution in [0, 0.1) is 17.8 Å². The molecule has 0 bridgehead atoms. The van der Waals surface area contributed by atoms with Crippen molar-refractivity contribution in [2.45, 2.75) is 77.6 Å². The molecule has 0 spiro atoms. The molecule has 23 heavy (non-hydrogen) atoms. The van der Waals surface area contributed by atoms with Crippen LogP contribution in [0.25, 0.3) is 6.08 Å². The molecule has 0 amide bonds. The first-order valence-corrected chi connectivity index (χ1v) is 9.99. The molecule has 0 radical (unpaired) electrons. The summed E-state index contributed by atoms with van der Waals surface area (Å²) in [4.78, 5) is 0. The van der Waals surface area contributed by atoms with Gasteiger partial charge in [-0.2, -0.15) is 0 Å². The van der Waals surface area contributed by atoms with Crippen molar-refractivity contribution in [1.29, 1.82) is 0 Å². The van der Waals surface area contributed by atoms with Crippen molar-refractivity contribution in [2.24, 2.45) is 17.8 Å². The highest BCUT2D eigenvalue weighted by atomic mass is 14.3. The molecule has 3 rings (SSSR count). The van der Waals surface area contributed by atoms with Crippen LogP contribution in [-0.4, -0.2) is 0 Å². The molecule has 2 aliphatic rings.